The number of benzene rings is 2. The van der Waals surface area contributed by atoms with Crippen molar-refractivity contribution in [1.29, 1.82) is 0 Å². The number of unbranched alkanes of at least 4 members (excludes halogenated alkanes) is 1. The molecule has 1 atom stereocenters. The number of carbonyl (C=O) groups excluding carboxylic acids is 2. The Morgan fingerprint density at radius 1 is 0.966 bits per heavy atom. The highest BCUT2D eigenvalue weighted by Crippen LogP contribution is 2.22. The molecule has 2 amide bonds. The summed E-state index contributed by atoms with van der Waals surface area (Å²) >= 11 is 0. The third-order valence-corrected chi connectivity index (χ3v) is 4.27. The Morgan fingerprint density at radius 3 is 2.07 bits per heavy atom. The molecule has 0 aliphatic carbocycles. The van der Waals surface area contributed by atoms with Crippen LogP contribution in [0.3, 0.4) is 0 Å². The van der Waals surface area contributed by atoms with Crippen LogP contribution in [-0.4, -0.2) is 34.0 Å². The van der Waals surface area contributed by atoms with Crippen LogP contribution in [-0.2, 0) is 9.59 Å². The number of hydrogen-bond donors (Lipinski definition) is 3. The van der Waals surface area contributed by atoms with Gasteiger partial charge in [0.05, 0.1) is 16.8 Å². The van der Waals surface area contributed by atoms with Crippen molar-refractivity contribution in [3.8, 4) is 0 Å². The van der Waals surface area contributed by atoms with E-state index in [9.17, 15) is 19.2 Å². The number of nitrogens with zero attached hydrogens (tertiary/aromatic N) is 1. The molecule has 1 fully saturated rings. The molecule has 0 spiro atoms. The molecule has 1 aliphatic rings. The van der Waals surface area contributed by atoms with Gasteiger partial charge in [-0.05, 0) is 36.8 Å². The lowest BCUT2D eigenvalue weighted by atomic mass is 10.0. The molecule has 0 saturated carbocycles. The number of hydrogen-bond acceptors (Lipinski definition) is 4. The summed E-state index contributed by atoms with van der Waals surface area (Å²) in [6, 6.07) is 14.4. The molecule has 0 bridgehead atoms. The van der Waals surface area contributed by atoms with Gasteiger partial charge < -0.3 is 10.2 Å². The fourth-order valence-corrected chi connectivity index (χ4v) is 2.73. The number of nitrogens with one attached hydrogen (secondary N) is 1. The molecule has 1 aliphatic heterocycles. The average molecular weight is 398 g/mol. The Morgan fingerprint density at radius 2 is 1.55 bits per heavy atom. The van der Waals surface area contributed by atoms with Crippen LogP contribution >= 0.6 is 0 Å². The molecule has 152 valence electrons. The first-order chi connectivity index (χ1) is 13.8. The minimum Gasteiger partial charge on any atom is -0.478 e. The maximum atomic E-state index is 12.1. The molecular weight excluding hydrogens is 376 g/mol. The van der Waals surface area contributed by atoms with Crippen LogP contribution in [0.5, 0.6) is 0 Å². The second-order valence-electron chi connectivity index (χ2n) is 6.37. The van der Waals surface area contributed by atoms with Crippen LogP contribution in [0.25, 0.3) is 0 Å². The highest BCUT2D eigenvalue weighted by atomic mass is 16.4. The van der Waals surface area contributed by atoms with Gasteiger partial charge in [0.25, 0.3) is 11.8 Å². The maximum absolute atomic E-state index is 12.1. The number of carboxylic acids is 2. The van der Waals surface area contributed by atoms with Crippen molar-refractivity contribution in [3.05, 3.63) is 65.7 Å². The zero-order chi connectivity index (χ0) is 21.4. The summed E-state index contributed by atoms with van der Waals surface area (Å²) in [5.41, 5.74) is 3.30. The van der Waals surface area contributed by atoms with Crippen LogP contribution in [0.1, 0.15) is 46.9 Å². The summed E-state index contributed by atoms with van der Waals surface area (Å²) in [6.07, 6.45) is 2.51. The fourth-order valence-electron chi connectivity index (χ4n) is 2.73. The quantitative estimate of drug-likeness (QED) is 0.643. The predicted octanol–water partition coefficient (Wildman–Crippen LogP) is 2.95. The lowest BCUT2D eigenvalue weighted by Crippen LogP contribution is -2.35. The second kappa shape index (κ2) is 10.0. The van der Waals surface area contributed by atoms with Gasteiger partial charge in [0.15, 0.2) is 0 Å². The zero-order valence-corrected chi connectivity index (χ0v) is 15.9. The molecule has 1 heterocycles. The van der Waals surface area contributed by atoms with Crippen molar-refractivity contribution < 1.29 is 29.4 Å². The molecule has 0 radical (unpaired) electrons. The van der Waals surface area contributed by atoms with E-state index in [2.05, 4.69) is 5.43 Å². The van der Waals surface area contributed by atoms with Gasteiger partial charge >= 0.3 is 11.9 Å². The van der Waals surface area contributed by atoms with Gasteiger partial charge in [-0.25, -0.2) is 14.6 Å². The summed E-state index contributed by atoms with van der Waals surface area (Å²) in [5.74, 6) is -3.10. The standard InChI is InChI=1S/C13H16N2O2.C8H6O4/c1-2-3-9-11-12(16)14-15(13(11)17)10-7-5-4-6-8-10;9-7(10)5-2-1-3-6(4-5)8(11)12/h4-8,11H,2-3,9H2,1H3,(H,14,16);1-4H,(H,9,10)(H,11,12). The van der Waals surface area contributed by atoms with Crippen molar-refractivity contribution >= 4 is 29.4 Å². The molecule has 29 heavy (non-hydrogen) atoms. The highest BCUT2D eigenvalue weighted by molar-refractivity contribution is 6.14. The van der Waals surface area contributed by atoms with Crippen LogP contribution in [0.2, 0.25) is 0 Å². The molecule has 2 aromatic rings. The van der Waals surface area contributed by atoms with Crippen molar-refractivity contribution in [1.82, 2.24) is 5.43 Å². The lowest BCUT2D eigenvalue weighted by Gasteiger charge is -2.14. The molecule has 0 aromatic heterocycles. The Bertz CT molecular complexity index is 868. The first-order valence-electron chi connectivity index (χ1n) is 9.11. The Hall–Kier alpha value is -3.68. The summed E-state index contributed by atoms with van der Waals surface area (Å²) in [5, 5.41) is 18.3. The van der Waals surface area contributed by atoms with Crippen molar-refractivity contribution in [3.63, 3.8) is 0 Å². The number of carboxylic acid groups (broad SMARTS) is 2. The van der Waals surface area contributed by atoms with Crippen LogP contribution in [0.4, 0.5) is 5.69 Å². The van der Waals surface area contributed by atoms with E-state index < -0.39 is 17.9 Å². The number of carbonyl (C=O) groups is 4. The van der Waals surface area contributed by atoms with Crippen LogP contribution in [0.15, 0.2) is 54.6 Å². The van der Waals surface area contributed by atoms with Gasteiger partial charge in [-0.2, -0.15) is 0 Å². The van der Waals surface area contributed by atoms with Gasteiger partial charge in [0.2, 0.25) is 0 Å². The smallest absolute Gasteiger partial charge is 0.335 e. The maximum Gasteiger partial charge on any atom is 0.335 e. The van der Waals surface area contributed by atoms with E-state index in [-0.39, 0.29) is 22.9 Å². The number of amides is 2. The molecule has 3 N–H and O–H groups in total. The SMILES string of the molecule is CCCCC1C(=O)NN(c2ccccc2)C1=O.O=C(O)c1cccc(C(=O)O)c1. The fraction of sp³-hybridized carbons (Fsp3) is 0.238. The van der Waals surface area contributed by atoms with Crippen LogP contribution in [0, 0.1) is 5.92 Å². The number of rotatable bonds is 6. The normalized spacial score (nSPS) is 15.3. The van der Waals surface area contributed by atoms with Gasteiger partial charge in [-0.3, -0.25) is 15.0 Å². The van der Waals surface area contributed by atoms with Gasteiger partial charge in [-0.15, -0.1) is 0 Å². The second-order valence-corrected chi connectivity index (χ2v) is 6.37. The molecule has 2 aromatic carbocycles. The molecule has 1 saturated heterocycles. The third kappa shape index (κ3) is 5.65. The molecule has 3 rings (SSSR count). The van der Waals surface area contributed by atoms with Crippen LogP contribution < -0.4 is 10.4 Å². The van der Waals surface area contributed by atoms with Gasteiger partial charge in [0, 0.05) is 0 Å². The van der Waals surface area contributed by atoms with E-state index in [4.69, 9.17) is 10.2 Å². The number of anilines is 1. The largest absolute Gasteiger partial charge is 0.478 e. The van der Waals surface area contributed by atoms with Gasteiger partial charge in [0.1, 0.15) is 5.92 Å². The van der Waals surface area contributed by atoms with E-state index in [1.165, 1.54) is 23.2 Å². The van der Waals surface area contributed by atoms with Crippen molar-refractivity contribution in [2.24, 2.45) is 5.92 Å². The molecule has 1 unspecified atom stereocenters. The number of para-hydroxylation sites is 1. The Labute approximate surface area is 167 Å². The summed E-state index contributed by atoms with van der Waals surface area (Å²) in [6.45, 7) is 2.05. The predicted molar refractivity (Wildman–Crippen MR) is 105 cm³/mol. The van der Waals surface area contributed by atoms with E-state index in [1.807, 2.05) is 25.1 Å². The minimum atomic E-state index is -1.13. The molecular formula is C21H22N2O6. The summed E-state index contributed by atoms with van der Waals surface area (Å²) < 4.78 is 0. The van der Waals surface area contributed by atoms with Crippen molar-refractivity contribution in [2.45, 2.75) is 26.2 Å². The molecule has 8 nitrogen and oxygen atoms in total. The van der Waals surface area contributed by atoms with Gasteiger partial charge in [-0.1, -0.05) is 44.0 Å². The first kappa shape index (κ1) is 21.6. The highest BCUT2D eigenvalue weighted by Gasteiger charge is 2.39. The van der Waals surface area contributed by atoms with E-state index >= 15 is 0 Å². The average Bonchev–Trinajstić information content (AvgIpc) is 3.01. The van der Waals surface area contributed by atoms with E-state index in [1.54, 1.807) is 12.1 Å². The van der Waals surface area contributed by atoms with Crippen molar-refractivity contribution in [2.75, 3.05) is 5.01 Å². The Balaban J connectivity index is 0.000000221. The van der Waals surface area contributed by atoms with E-state index in [0.29, 0.717) is 12.1 Å². The lowest BCUT2D eigenvalue weighted by molar-refractivity contribution is -0.127. The summed E-state index contributed by atoms with van der Waals surface area (Å²) in [7, 11) is 0. The number of hydrazine groups is 1. The zero-order valence-electron chi connectivity index (χ0n) is 15.9. The molecule has 8 heteroatoms. The topological polar surface area (TPSA) is 124 Å². The Kier molecular flexibility index (Phi) is 7.47. The monoisotopic (exact) mass is 398 g/mol. The number of aromatic carboxylic acids is 2. The van der Waals surface area contributed by atoms with E-state index in [0.717, 1.165) is 18.9 Å². The summed E-state index contributed by atoms with van der Waals surface area (Å²) in [4.78, 5) is 44.5. The minimum absolute atomic E-state index is 0.0186. The third-order valence-electron chi connectivity index (χ3n) is 4.27. The first-order valence-corrected chi connectivity index (χ1v) is 9.11.